The first-order chi connectivity index (χ1) is 27.7. The number of fused-ring (bicyclic) bond motifs is 2. The molecule has 6 atom stereocenters. The maximum atomic E-state index is 14.3. The molecule has 58 heavy (non-hydrogen) atoms. The summed E-state index contributed by atoms with van der Waals surface area (Å²) in [6.45, 7) is 4.33. The molecule has 0 aliphatic carbocycles. The van der Waals surface area contributed by atoms with E-state index in [0.717, 1.165) is 10.9 Å². The Labute approximate surface area is 337 Å². The van der Waals surface area contributed by atoms with E-state index in [2.05, 4.69) is 36.6 Å². The van der Waals surface area contributed by atoms with Crippen LogP contribution in [-0.4, -0.2) is 118 Å². The van der Waals surface area contributed by atoms with E-state index in [1.807, 2.05) is 24.3 Å². The largest absolute Gasteiger partial charge is 0.480 e. The van der Waals surface area contributed by atoms with Crippen molar-refractivity contribution in [2.24, 2.45) is 28.1 Å². The Morgan fingerprint density at radius 3 is 2.33 bits per heavy atom. The highest BCUT2D eigenvalue weighted by molar-refractivity contribution is 5.98. The van der Waals surface area contributed by atoms with E-state index in [4.69, 9.17) is 17.2 Å². The molecule has 0 saturated carbocycles. The van der Waals surface area contributed by atoms with Crippen LogP contribution in [-0.2, 0) is 40.0 Å². The number of amides is 6. The van der Waals surface area contributed by atoms with Crippen molar-refractivity contribution in [2.45, 2.75) is 121 Å². The van der Waals surface area contributed by atoms with Gasteiger partial charge in [-0.05, 0) is 81.9 Å². The molecule has 4 rings (SSSR count). The fourth-order valence-electron chi connectivity index (χ4n) is 7.34. The highest BCUT2D eigenvalue weighted by atomic mass is 16.4. The van der Waals surface area contributed by atoms with E-state index in [-0.39, 0.29) is 69.9 Å². The molecule has 0 spiro atoms. The number of nitrogens with zero attached hydrogens (tertiary/aromatic N) is 2. The number of benzene rings is 1. The summed E-state index contributed by atoms with van der Waals surface area (Å²) in [6.07, 6.45) is 3.58. The molecule has 318 valence electrons. The van der Waals surface area contributed by atoms with Crippen LogP contribution in [0, 0.1) is 5.92 Å². The van der Waals surface area contributed by atoms with Crippen LogP contribution >= 0.6 is 0 Å². The third-order valence-electron chi connectivity index (χ3n) is 10.3. The van der Waals surface area contributed by atoms with Crippen LogP contribution in [0.3, 0.4) is 0 Å². The number of carboxylic acid groups (broad SMARTS) is 1. The first-order valence-corrected chi connectivity index (χ1v) is 20.0. The second-order valence-corrected chi connectivity index (χ2v) is 15.4. The smallest absolute Gasteiger partial charge is 0.326 e. The summed E-state index contributed by atoms with van der Waals surface area (Å²) in [4.78, 5) is 105. The minimum Gasteiger partial charge on any atom is -0.480 e. The van der Waals surface area contributed by atoms with Gasteiger partial charge in [0.2, 0.25) is 35.4 Å². The molecule has 19 heteroatoms. The van der Waals surface area contributed by atoms with Gasteiger partial charge in [0.15, 0.2) is 5.96 Å². The molecule has 1 aromatic carbocycles. The molecule has 3 heterocycles. The number of hydrogen-bond donors (Lipinski definition) is 10. The van der Waals surface area contributed by atoms with E-state index in [1.54, 1.807) is 20.0 Å². The molecular formula is C39H59N11O8. The molecule has 1 aromatic heterocycles. The van der Waals surface area contributed by atoms with Crippen molar-refractivity contribution in [3.63, 3.8) is 0 Å². The van der Waals surface area contributed by atoms with Crippen LogP contribution in [0.1, 0.15) is 83.6 Å². The number of carbonyl (C=O) groups is 7. The third kappa shape index (κ3) is 12.9. The predicted octanol–water partition coefficient (Wildman–Crippen LogP) is -0.768. The number of guanidine groups is 1. The van der Waals surface area contributed by atoms with Crippen molar-refractivity contribution < 1.29 is 38.7 Å². The first-order valence-electron chi connectivity index (χ1n) is 20.0. The lowest BCUT2D eigenvalue weighted by atomic mass is 10.0. The van der Waals surface area contributed by atoms with Crippen LogP contribution in [0.4, 0.5) is 0 Å². The molecule has 2 fully saturated rings. The molecule has 2 aliphatic heterocycles. The van der Waals surface area contributed by atoms with Crippen molar-refractivity contribution in [1.29, 1.82) is 0 Å². The van der Waals surface area contributed by atoms with Crippen molar-refractivity contribution in [1.82, 2.24) is 36.5 Å². The maximum absolute atomic E-state index is 14.3. The van der Waals surface area contributed by atoms with Gasteiger partial charge in [0, 0.05) is 43.0 Å². The van der Waals surface area contributed by atoms with Gasteiger partial charge in [0.1, 0.15) is 36.3 Å². The molecular weight excluding hydrogens is 750 g/mol. The Morgan fingerprint density at radius 1 is 0.914 bits per heavy atom. The number of aliphatic carboxylic acids is 1. The second-order valence-electron chi connectivity index (χ2n) is 15.4. The van der Waals surface area contributed by atoms with Crippen LogP contribution in [0.25, 0.3) is 10.9 Å². The van der Waals surface area contributed by atoms with Crippen LogP contribution < -0.4 is 43.8 Å². The molecule has 6 amide bonds. The van der Waals surface area contributed by atoms with E-state index in [9.17, 15) is 38.7 Å². The lowest BCUT2D eigenvalue weighted by Crippen LogP contribution is -2.59. The normalized spacial score (nSPS) is 22.9. The van der Waals surface area contributed by atoms with Gasteiger partial charge in [0.05, 0.1) is 0 Å². The average molecular weight is 810 g/mol. The summed E-state index contributed by atoms with van der Waals surface area (Å²) in [5.74, 6) is -5.50. The Balaban J connectivity index is 1.74. The number of unbranched alkanes of at least 4 members (excludes halogenated alkanes) is 1. The molecule has 19 nitrogen and oxygen atoms in total. The Kier molecular flexibility index (Phi) is 16.8. The molecule has 2 aliphatic rings. The first kappa shape index (κ1) is 45.0. The lowest BCUT2D eigenvalue weighted by Gasteiger charge is -2.31. The van der Waals surface area contributed by atoms with E-state index >= 15 is 0 Å². The minimum atomic E-state index is -1.42. The van der Waals surface area contributed by atoms with Gasteiger partial charge < -0.3 is 58.8 Å². The van der Waals surface area contributed by atoms with Gasteiger partial charge in [-0.3, -0.25) is 33.8 Å². The van der Waals surface area contributed by atoms with Crippen LogP contribution in [0.5, 0.6) is 0 Å². The molecule has 0 radical (unpaired) electrons. The Hall–Kier alpha value is -5.72. The highest BCUT2D eigenvalue weighted by Gasteiger charge is 2.40. The molecule has 13 N–H and O–H groups in total. The SMILES string of the molecule is CC(C)C[C@H](NC(=O)[C@@H]1CCC(=O)N[C@@H](CCCN=C(N)N)C(=O)N[C@@H](CCCCN)C(=O)N2CCC[C@H]2C(=O)N[C@@H](Cc2c[nH]c3ccccc23)C(=O)N1)C(=O)O. The second kappa shape index (κ2) is 21.7. The number of H-pyrrole nitrogens is 1. The van der Waals surface area contributed by atoms with Gasteiger partial charge in [0.25, 0.3) is 0 Å². The minimum absolute atomic E-state index is 0.0124. The van der Waals surface area contributed by atoms with Gasteiger partial charge in [-0.1, -0.05) is 32.0 Å². The summed E-state index contributed by atoms with van der Waals surface area (Å²) < 4.78 is 0. The topological polar surface area (TPSA) is 309 Å². The molecule has 2 saturated heterocycles. The van der Waals surface area contributed by atoms with E-state index in [0.29, 0.717) is 37.8 Å². The summed E-state index contributed by atoms with van der Waals surface area (Å²) in [6, 6.07) is 0.265. The summed E-state index contributed by atoms with van der Waals surface area (Å²) in [5, 5.41) is 24.2. The number of carbonyl (C=O) groups excluding carboxylic acids is 6. The Morgan fingerprint density at radius 2 is 1.62 bits per heavy atom. The number of rotatable bonds is 15. The van der Waals surface area contributed by atoms with Gasteiger partial charge in [-0.25, -0.2) is 4.79 Å². The maximum Gasteiger partial charge on any atom is 0.326 e. The van der Waals surface area contributed by atoms with E-state index in [1.165, 1.54) is 4.90 Å². The molecule has 0 bridgehead atoms. The summed E-state index contributed by atoms with van der Waals surface area (Å²) in [7, 11) is 0. The predicted molar refractivity (Wildman–Crippen MR) is 216 cm³/mol. The summed E-state index contributed by atoms with van der Waals surface area (Å²) >= 11 is 0. The monoisotopic (exact) mass is 809 g/mol. The number of carboxylic acids is 1. The third-order valence-corrected chi connectivity index (χ3v) is 10.3. The molecule has 0 unspecified atom stereocenters. The highest BCUT2D eigenvalue weighted by Crippen LogP contribution is 2.23. The van der Waals surface area contributed by atoms with Gasteiger partial charge in [-0.2, -0.15) is 0 Å². The fourth-order valence-corrected chi connectivity index (χ4v) is 7.34. The number of hydrogen-bond acceptors (Lipinski definition) is 9. The van der Waals surface area contributed by atoms with Crippen molar-refractivity contribution in [2.75, 3.05) is 19.6 Å². The zero-order chi connectivity index (χ0) is 42.4. The standard InChI is InChI=1S/C39H59N11O8/c1-22(2)19-30(38(57)58)49-34(53)27-14-15-32(51)45-26(12-7-17-43-39(41)42)33(52)47-28(11-5-6-16-40)37(56)50-18-8-13-31(50)36(55)48-29(35(54)46-27)20-23-21-44-25-10-4-3-9-24(23)25/h3-4,9-10,21-22,26-31,44H,5-8,11-20,40H2,1-2H3,(H,45,51)(H,46,54)(H,47,52)(H,48,55)(H,49,53)(H,57,58)(H4,41,42,43)/t26-,27-,28-,29-,30-,31-/m0/s1. The average Bonchev–Trinajstić information content (AvgIpc) is 3.83. The summed E-state index contributed by atoms with van der Waals surface area (Å²) in [5.41, 5.74) is 18.2. The quantitative estimate of drug-likeness (QED) is 0.0605. The number of aliphatic imine (C=N–C) groups is 1. The van der Waals surface area contributed by atoms with Gasteiger partial charge in [-0.15, -0.1) is 0 Å². The Bertz CT molecular complexity index is 1810. The van der Waals surface area contributed by atoms with Crippen molar-refractivity contribution in [3.05, 3.63) is 36.0 Å². The number of aromatic nitrogens is 1. The van der Waals surface area contributed by atoms with E-state index < -0.39 is 77.7 Å². The fraction of sp³-hybridized carbons (Fsp3) is 0.590. The lowest BCUT2D eigenvalue weighted by molar-refractivity contribution is -0.143. The van der Waals surface area contributed by atoms with Gasteiger partial charge >= 0.3 is 5.97 Å². The molecule has 2 aromatic rings. The van der Waals surface area contributed by atoms with Crippen LogP contribution in [0.15, 0.2) is 35.5 Å². The number of nitrogens with one attached hydrogen (secondary N) is 6. The number of para-hydroxylation sites is 1. The van der Waals surface area contributed by atoms with Crippen LogP contribution in [0.2, 0.25) is 0 Å². The van der Waals surface area contributed by atoms with Crippen molar-refractivity contribution in [3.8, 4) is 0 Å². The number of aromatic amines is 1. The number of nitrogens with two attached hydrogens (primary N) is 3. The van der Waals surface area contributed by atoms with Crippen molar-refractivity contribution >= 4 is 58.3 Å². The zero-order valence-electron chi connectivity index (χ0n) is 33.3. The zero-order valence-corrected chi connectivity index (χ0v) is 33.3.